The number of nitrogens with zero attached hydrogens (tertiary/aromatic N) is 3. The Bertz CT molecular complexity index is 1390. The van der Waals surface area contributed by atoms with Crippen LogP contribution in [0.5, 0.6) is 5.75 Å². The molecule has 5 rings (SSSR count). The van der Waals surface area contributed by atoms with Gasteiger partial charge in [-0.15, -0.1) is 11.8 Å². The van der Waals surface area contributed by atoms with Gasteiger partial charge in [0.2, 0.25) is 5.43 Å². The Morgan fingerprint density at radius 1 is 1.06 bits per heavy atom. The van der Waals surface area contributed by atoms with E-state index in [-0.39, 0.29) is 0 Å². The maximum Gasteiger partial charge on any atom is 0.408 e. The van der Waals surface area contributed by atoms with Crippen molar-refractivity contribution in [1.29, 1.82) is 0 Å². The summed E-state index contributed by atoms with van der Waals surface area (Å²) < 4.78 is 42.7. The Labute approximate surface area is 203 Å². The second-order valence-electron chi connectivity index (χ2n) is 8.68. The summed E-state index contributed by atoms with van der Waals surface area (Å²) in [6.45, 7) is 2.48. The van der Waals surface area contributed by atoms with Crippen molar-refractivity contribution in [2.45, 2.75) is 42.8 Å². The van der Waals surface area contributed by atoms with Crippen molar-refractivity contribution in [2.24, 2.45) is 0 Å². The van der Waals surface area contributed by atoms with Gasteiger partial charge in [-0.2, -0.15) is 13.2 Å². The number of hydrogen-bond acceptors (Lipinski definition) is 5. The molecule has 0 bridgehead atoms. The zero-order valence-corrected chi connectivity index (χ0v) is 19.7. The highest BCUT2D eigenvalue weighted by molar-refractivity contribution is 7.98. The summed E-state index contributed by atoms with van der Waals surface area (Å²) in [7, 11) is 0. The molecular formula is C25H22F3N3O3S. The molecule has 3 aromatic rings. The van der Waals surface area contributed by atoms with Gasteiger partial charge in [0.15, 0.2) is 11.4 Å². The molecule has 6 nitrogen and oxygen atoms in total. The molecule has 3 heterocycles. The van der Waals surface area contributed by atoms with Crippen molar-refractivity contribution in [3.63, 3.8) is 0 Å². The van der Waals surface area contributed by atoms with Crippen LogP contribution in [0.25, 0.3) is 0 Å². The second-order valence-corrected chi connectivity index (χ2v) is 9.66. The third-order valence-corrected chi connectivity index (χ3v) is 7.89. The minimum absolute atomic E-state index is 0.397. The maximum atomic E-state index is 13.8. The average molecular weight is 502 g/mol. The molecule has 2 aliphatic heterocycles. The summed E-state index contributed by atoms with van der Waals surface area (Å²) in [5.74, 6) is -1.26. The van der Waals surface area contributed by atoms with Gasteiger partial charge >= 0.3 is 6.18 Å². The van der Waals surface area contributed by atoms with E-state index in [0.717, 1.165) is 40.1 Å². The van der Waals surface area contributed by atoms with E-state index in [1.807, 2.05) is 49.4 Å². The number of fused-ring (bicyclic) bond motifs is 3. The summed E-state index contributed by atoms with van der Waals surface area (Å²) in [5, 5.41) is 12.1. The highest BCUT2D eigenvalue weighted by Crippen LogP contribution is 2.44. The average Bonchev–Trinajstić information content (AvgIpc) is 2.98. The third-order valence-electron chi connectivity index (χ3n) is 6.59. The molecule has 2 atom stereocenters. The van der Waals surface area contributed by atoms with E-state index in [1.165, 1.54) is 10.9 Å². The number of halogens is 3. The molecule has 0 aliphatic carbocycles. The van der Waals surface area contributed by atoms with Crippen LogP contribution in [0.2, 0.25) is 0 Å². The van der Waals surface area contributed by atoms with Crippen LogP contribution in [0, 0.1) is 6.92 Å². The topological polar surface area (TPSA) is 65.8 Å². The number of aromatic hydroxyl groups is 1. The van der Waals surface area contributed by atoms with Gasteiger partial charge in [0, 0.05) is 22.9 Å². The molecule has 0 saturated carbocycles. The van der Waals surface area contributed by atoms with Crippen molar-refractivity contribution in [2.75, 3.05) is 11.7 Å². The Hall–Kier alpha value is -3.40. The minimum atomic E-state index is -4.69. The number of thioether (sulfide) groups is 1. The molecule has 35 heavy (non-hydrogen) atoms. The fourth-order valence-corrected chi connectivity index (χ4v) is 5.90. The molecule has 2 aliphatic rings. The van der Waals surface area contributed by atoms with Crippen LogP contribution >= 0.6 is 11.8 Å². The lowest BCUT2D eigenvalue weighted by Gasteiger charge is -2.46. The first kappa shape index (κ1) is 23.3. The Balaban J connectivity index is 1.79. The normalized spacial score (nSPS) is 18.4. The summed E-state index contributed by atoms with van der Waals surface area (Å²) in [5.41, 5.74) is 2.47. The molecule has 1 aromatic heterocycles. The van der Waals surface area contributed by atoms with Gasteiger partial charge in [-0.25, -0.2) is 0 Å². The number of carbonyl (C=O) groups is 1. The molecule has 2 aromatic carbocycles. The maximum absolute atomic E-state index is 13.8. The Morgan fingerprint density at radius 2 is 1.77 bits per heavy atom. The SMILES string of the molecule is Cc1cccc2c1SCc1ccccc1[C@@H]2N1CN([C@H](C)C(F)(F)F)C(=O)c2c(O)c(=O)ccn21. The van der Waals surface area contributed by atoms with Crippen molar-refractivity contribution in [3.05, 3.63) is 92.9 Å². The van der Waals surface area contributed by atoms with Gasteiger partial charge in [0.1, 0.15) is 12.7 Å². The zero-order valence-electron chi connectivity index (χ0n) is 18.9. The molecule has 0 unspecified atom stereocenters. The third kappa shape index (κ3) is 3.76. The smallest absolute Gasteiger partial charge is 0.408 e. The number of benzene rings is 2. The quantitative estimate of drug-likeness (QED) is 0.558. The van der Waals surface area contributed by atoms with Crippen LogP contribution in [0.1, 0.15) is 45.7 Å². The summed E-state index contributed by atoms with van der Waals surface area (Å²) in [4.78, 5) is 27.1. The second kappa shape index (κ2) is 8.37. The van der Waals surface area contributed by atoms with Crippen LogP contribution in [0.4, 0.5) is 13.2 Å². The van der Waals surface area contributed by atoms with Gasteiger partial charge in [-0.3, -0.25) is 19.3 Å². The first-order valence-corrected chi connectivity index (χ1v) is 12.0. The van der Waals surface area contributed by atoms with E-state index in [9.17, 15) is 27.9 Å². The summed E-state index contributed by atoms with van der Waals surface area (Å²) in [6.07, 6.45) is -3.36. The van der Waals surface area contributed by atoms with Crippen LogP contribution in [0.3, 0.4) is 0 Å². The zero-order chi connectivity index (χ0) is 25.1. The first-order valence-electron chi connectivity index (χ1n) is 11.0. The van der Waals surface area contributed by atoms with E-state index in [0.29, 0.717) is 10.7 Å². The summed E-state index contributed by atoms with van der Waals surface area (Å²) >= 11 is 1.65. The fraction of sp³-hybridized carbons (Fsp3) is 0.280. The standard InChI is InChI=1S/C25H22F3N3O3S/c1-14-6-5-9-18-20(17-8-4-3-7-16(17)12-35-23(14)18)31-13-29(15(2)25(26,27)28)24(34)21-22(33)19(32)10-11-30(21)31/h3-11,15,20,33H,12-13H2,1-2H3/t15-,20+/m1/s1. The number of aromatic nitrogens is 1. The number of carbonyl (C=O) groups excluding carboxylic acids is 1. The molecule has 1 amide bonds. The van der Waals surface area contributed by atoms with Crippen molar-refractivity contribution in [3.8, 4) is 5.75 Å². The Morgan fingerprint density at radius 3 is 2.51 bits per heavy atom. The summed E-state index contributed by atoms with van der Waals surface area (Å²) in [6, 6.07) is 11.9. The monoisotopic (exact) mass is 501 g/mol. The van der Waals surface area contributed by atoms with Gasteiger partial charge in [0.25, 0.3) is 5.91 Å². The number of alkyl halides is 3. The van der Waals surface area contributed by atoms with Gasteiger partial charge in [-0.1, -0.05) is 42.5 Å². The van der Waals surface area contributed by atoms with Gasteiger partial charge in [-0.05, 0) is 36.1 Å². The number of hydrogen-bond donors (Lipinski definition) is 1. The van der Waals surface area contributed by atoms with Gasteiger partial charge < -0.3 is 10.0 Å². The van der Waals surface area contributed by atoms with Gasteiger partial charge in [0.05, 0.1) is 6.04 Å². The van der Waals surface area contributed by atoms with Crippen molar-refractivity contribution < 1.29 is 23.1 Å². The molecule has 0 saturated heterocycles. The fourth-order valence-electron chi connectivity index (χ4n) is 4.69. The number of amides is 1. The molecule has 182 valence electrons. The van der Waals surface area contributed by atoms with E-state index < -0.39 is 47.7 Å². The Kier molecular flexibility index (Phi) is 5.58. The van der Waals surface area contributed by atoms with Crippen LogP contribution in [-0.2, 0) is 5.75 Å². The van der Waals surface area contributed by atoms with E-state index in [1.54, 1.807) is 16.8 Å². The van der Waals surface area contributed by atoms with Crippen molar-refractivity contribution >= 4 is 17.7 Å². The van der Waals surface area contributed by atoms with E-state index in [4.69, 9.17) is 0 Å². The lowest BCUT2D eigenvalue weighted by molar-refractivity contribution is -0.173. The lowest BCUT2D eigenvalue weighted by Crippen LogP contribution is -2.60. The number of aryl methyl sites for hydroxylation is 1. The highest BCUT2D eigenvalue weighted by atomic mass is 32.2. The number of pyridine rings is 1. The van der Waals surface area contributed by atoms with E-state index >= 15 is 0 Å². The molecule has 10 heteroatoms. The minimum Gasteiger partial charge on any atom is -0.502 e. The van der Waals surface area contributed by atoms with Crippen molar-refractivity contribution in [1.82, 2.24) is 9.58 Å². The molecule has 1 N–H and O–H groups in total. The predicted octanol–water partition coefficient (Wildman–Crippen LogP) is 4.56. The largest absolute Gasteiger partial charge is 0.502 e. The predicted molar refractivity (Wildman–Crippen MR) is 126 cm³/mol. The molecule has 0 fully saturated rings. The number of rotatable bonds is 2. The molecular weight excluding hydrogens is 479 g/mol. The first-order chi connectivity index (χ1) is 16.6. The van der Waals surface area contributed by atoms with Crippen LogP contribution in [-0.4, -0.2) is 39.5 Å². The highest BCUT2D eigenvalue weighted by Gasteiger charge is 2.47. The van der Waals surface area contributed by atoms with Crippen LogP contribution < -0.4 is 10.4 Å². The molecule has 0 spiro atoms. The molecule has 0 radical (unpaired) electrons. The lowest BCUT2D eigenvalue weighted by atomic mass is 9.93. The van der Waals surface area contributed by atoms with Crippen LogP contribution in [0.15, 0.2) is 64.4 Å². The van der Waals surface area contributed by atoms with E-state index in [2.05, 4.69) is 0 Å².